The maximum atomic E-state index is 9.60. The SMILES string of the molecule is CC(C)C(O)C(C)(C)CO.CCCC(=O)O.CCCC(=O)O. The van der Waals surface area contributed by atoms with Gasteiger partial charge in [0, 0.05) is 18.3 Å². The third-order valence-electron chi connectivity index (χ3n) is 2.77. The average molecular weight is 322 g/mol. The van der Waals surface area contributed by atoms with Gasteiger partial charge in [0.1, 0.15) is 0 Å². The summed E-state index contributed by atoms with van der Waals surface area (Å²) in [6, 6.07) is 0. The minimum absolute atomic E-state index is 0.0341. The van der Waals surface area contributed by atoms with E-state index >= 15 is 0 Å². The summed E-state index contributed by atoms with van der Waals surface area (Å²) in [5, 5.41) is 34.2. The van der Waals surface area contributed by atoms with Crippen LogP contribution < -0.4 is 0 Å². The van der Waals surface area contributed by atoms with E-state index in [4.69, 9.17) is 15.3 Å². The van der Waals surface area contributed by atoms with Crippen LogP contribution in [0.4, 0.5) is 0 Å². The molecule has 0 bridgehead atoms. The van der Waals surface area contributed by atoms with Crippen LogP contribution in [0.3, 0.4) is 0 Å². The Morgan fingerprint density at radius 2 is 1.27 bits per heavy atom. The van der Waals surface area contributed by atoms with Crippen LogP contribution in [0, 0.1) is 11.3 Å². The second kappa shape index (κ2) is 14.8. The molecule has 22 heavy (non-hydrogen) atoms. The Balaban J connectivity index is -0.000000261. The predicted octanol–water partition coefficient (Wildman–Crippen LogP) is 2.76. The number of hydrogen-bond acceptors (Lipinski definition) is 4. The molecule has 0 spiro atoms. The summed E-state index contributed by atoms with van der Waals surface area (Å²) >= 11 is 0. The first-order valence-electron chi connectivity index (χ1n) is 7.68. The molecule has 0 aliphatic rings. The molecule has 6 heteroatoms. The van der Waals surface area contributed by atoms with Crippen molar-refractivity contribution in [1.29, 1.82) is 0 Å². The largest absolute Gasteiger partial charge is 0.481 e. The van der Waals surface area contributed by atoms with Crippen molar-refractivity contribution in [1.82, 2.24) is 0 Å². The van der Waals surface area contributed by atoms with Crippen molar-refractivity contribution in [3.05, 3.63) is 0 Å². The monoisotopic (exact) mass is 322 g/mol. The Hall–Kier alpha value is -1.14. The maximum absolute atomic E-state index is 9.60. The molecule has 1 unspecified atom stereocenters. The number of carboxylic acids is 2. The summed E-state index contributed by atoms with van der Waals surface area (Å²) in [5.74, 6) is -1.21. The Labute approximate surface area is 134 Å². The van der Waals surface area contributed by atoms with Crippen LogP contribution >= 0.6 is 0 Å². The average Bonchev–Trinajstić information content (AvgIpc) is 2.38. The molecule has 0 saturated carbocycles. The third kappa shape index (κ3) is 18.9. The molecule has 0 heterocycles. The van der Waals surface area contributed by atoms with E-state index in [0.717, 1.165) is 12.8 Å². The van der Waals surface area contributed by atoms with Crippen molar-refractivity contribution in [2.75, 3.05) is 6.61 Å². The van der Waals surface area contributed by atoms with E-state index in [-0.39, 0.29) is 17.9 Å². The predicted molar refractivity (Wildman–Crippen MR) is 86.8 cm³/mol. The zero-order chi connectivity index (χ0) is 18.3. The van der Waals surface area contributed by atoms with Crippen LogP contribution in [-0.4, -0.2) is 45.1 Å². The lowest BCUT2D eigenvalue weighted by molar-refractivity contribution is -0.138. The fraction of sp³-hybridized carbons (Fsp3) is 0.875. The highest BCUT2D eigenvalue weighted by Crippen LogP contribution is 2.24. The van der Waals surface area contributed by atoms with Gasteiger partial charge >= 0.3 is 11.9 Å². The molecule has 1 atom stereocenters. The molecule has 0 rings (SSSR count). The van der Waals surface area contributed by atoms with Crippen LogP contribution in [-0.2, 0) is 9.59 Å². The lowest BCUT2D eigenvalue weighted by atomic mass is 9.82. The van der Waals surface area contributed by atoms with E-state index in [9.17, 15) is 14.7 Å². The Morgan fingerprint density at radius 1 is 0.955 bits per heavy atom. The van der Waals surface area contributed by atoms with Gasteiger partial charge in [-0.05, 0) is 18.8 Å². The second-order valence-corrected chi connectivity index (χ2v) is 6.12. The summed E-state index contributed by atoms with van der Waals surface area (Å²) in [5.41, 5.74) is -0.367. The minimum Gasteiger partial charge on any atom is -0.481 e. The van der Waals surface area contributed by atoms with Crippen LogP contribution in [0.1, 0.15) is 67.2 Å². The highest BCUT2D eigenvalue weighted by atomic mass is 16.4. The van der Waals surface area contributed by atoms with Crippen molar-refractivity contribution in [2.45, 2.75) is 73.3 Å². The molecule has 0 aromatic rings. The van der Waals surface area contributed by atoms with Crippen LogP contribution in [0.2, 0.25) is 0 Å². The third-order valence-corrected chi connectivity index (χ3v) is 2.77. The highest BCUT2D eigenvalue weighted by Gasteiger charge is 2.28. The van der Waals surface area contributed by atoms with Gasteiger partial charge in [-0.15, -0.1) is 0 Å². The standard InChI is InChI=1S/C8H18O2.2C4H8O2/c1-6(2)7(10)8(3,4)5-9;2*1-2-3-4(5)6/h6-7,9-10H,5H2,1-4H3;2*2-3H2,1H3,(H,5,6). The van der Waals surface area contributed by atoms with Gasteiger partial charge in [-0.1, -0.05) is 41.5 Å². The van der Waals surface area contributed by atoms with Gasteiger partial charge in [0.05, 0.1) is 12.7 Å². The van der Waals surface area contributed by atoms with E-state index in [1.54, 1.807) is 0 Å². The van der Waals surface area contributed by atoms with Crippen molar-refractivity contribution >= 4 is 11.9 Å². The van der Waals surface area contributed by atoms with E-state index in [0.29, 0.717) is 12.8 Å². The molecule has 0 aliphatic heterocycles. The highest BCUT2D eigenvalue weighted by molar-refractivity contribution is 5.66. The number of hydrogen-bond donors (Lipinski definition) is 4. The Morgan fingerprint density at radius 3 is 1.32 bits per heavy atom. The fourth-order valence-electron chi connectivity index (χ4n) is 1.42. The molecular weight excluding hydrogens is 288 g/mol. The topological polar surface area (TPSA) is 115 Å². The summed E-state index contributed by atoms with van der Waals surface area (Å²) in [6.07, 6.45) is 1.63. The number of rotatable bonds is 7. The molecule has 134 valence electrons. The molecule has 0 saturated heterocycles. The van der Waals surface area contributed by atoms with E-state index in [1.807, 2.05) is 41.5 Å². The van der Waals surface area contributed by atoms with Gasteiger partial charge in [0.2, 0.25) is 0 Å². The number of carboxylic acid groups (broad SMARTS) is 2. The fourth-order valence-corrected chi connectivity index (χ4v) is 1.42. The van der Waals surface area contributed by atoms with Crippen molar-refractivity contribution in [3.63, 3.8) is 0 Å². The first kappa shape index (κ1) is 25.8. The van der Waals surface area contributed by atoms with Gasteiger partial charge in [-0.2, -0.15) is 0 Å². The van der Waals surface area contributed by atoms with E-state index in [1.165, 1.54) is 0 Å². The molecule has 0 aromatic heterocycles. The van der Waals surface area contributed by atoms with Gasteiger partial charge in [0.25, 0.3) is 0 Å². The molecule has 0 fully saturated rings. The van der Waals surface area contributed by atoms with Crippen LogP contribution in [0.25, 0.3) is 0 Å². The molecule has 0 aliphatic carbocycles. The first-order chi connectivity index (χ1) is 9.95. The summed E-state index contributed by atoms with van der Waals surface area (Å²) in [6.45, 7) is 11.3. The van der Waals surface area contributed by atoms with E-state index < -0.39 is 18.0 Å². The number of aliphatic carboxylic acids is 2. The van der Waals surface area contributed by atoms with E-state index in [2.05, 4.69) is 0 Å². The second-order valence-electron chi connectivity index (χ2n) is 6.12. The lowest BCUT2D eigenvalue weighted by Crippen LogP contribution is -2.36. The molecule has 6 nitrogen and oxygen atoms in total. The smallest absolute Gasteiger partial charge is 0.303 e. The molecule has 0 radical (unpaired) electrons. The quantitative estimate of drug-likeness (QED) is 0.573. The summed E-state index contributed by atoms with van der Waals surface area (Å²) in [7, 11) is 0. The molecular formula is C16H34O6. The maximum Gasteiger partial charge on any atom is 0.303 e. The van der Waals surface area contributed by atoms with Gasteiger partial charge < -0.3 is 20.4 Å². The van der Waals surface area contributed by atoms with Crippen molar-refractivity contribution in [3.8, 4) is 0 Å². The minimum atomic E-state index is -0.711. The lowest BCUT2D eigenvalue weighted by Gasteiger charge is -2.30. The van der Waals surface area contributed by atoms with Crippen LogP contribution in [0.15, 0.2) is 0 Å². The number of carbonyl (C=O) groups is 2. The number of aliphatic hydroxyl groups excluding tert-OH is 2. The Bertz CT molecular complexity index is 270. The van der Waals surface area contributed by atoms with Crippen molar-refractivity contribution in [2.24, 2.45) is 11.3 Å². The number of aliphatic hydroxyl groups is 2. The first-order valence-corrected chi connectivity index (χ1v) is 7.68. The Kier molecular flexibility index (Phi) is 17.3. The van der Waals surface area contributed by atoms with Gasteiger partial charge in [-0.3, -0.25) is 9.59 Å². The molecule has 4 N–H and O–H groups in total. The molecule has 0 amide bonds. The van der Waals surface area contributed by atoms with Gasteiger partial charge in [0.15, 0.2) is 0 Å². The normalized spacial score (nSPS) is 11.7. The zero-order valence-corrected chi connectivity index (χ0v) is 14.8. The van der Waals surface area contributed by atoms with Gasteiger partial charge in [-0.25, -0.2) is 0 Å². The van der Waals surface area contributed by atoms with Crippen LogP contribution in [0.5, 0.6) is 0 Å². The molecule has 0 aromatic carbocycles. The zero-order valence-electron chi connectivity index (χ0n) is 14.8. The summed E-state index contributed by atoms with van der Waals surface area (Å²) in [4.78, 5) is 19.2. The summed E-state index contributed by atoms with van der Waals surface area (Å²) < 4.78 is 0. The van der Waals surface area contributed by atoms with Crippen molar-refractivity contribution < 1.29 is 30.0 Å².